The van der Waals surface area contributed by atoms with Crippen LogP contribution in [0.2, 0.25) is 0 Å². The van der Waals surface area contributed by atoms with E-state index in [0.717, 1.165) is 0 Å². The molecular weight excluding hydrogens is 330 g/mol. The zero-order valence-electron chi connectivity index (χ0n) is 15.5. The zero-order chi connectivity index (χ0) is 18.1. The summed E-state index contributed by atoms with van der Waals surface area (Å²) in [5, 5.41) is 4.09. The van der Waals surface area contributed by atoms with Gasteiger partial charge in [-0.1, -0.05) is 91.8 Å². The van der Waals surface area contributed by atoms with Crippen molar-refractivity contribution in [3.63, 3.8) is 0 Å². The highest BCUT2D eigenvalue weighted by Crippen LogP contribution is 2.33. The molecule has 1 heterocycles. The number of fused-ring (bicyclic) bond motifs is 1. The number of aromatic nitrogens is 1. The molecule has 2 radical (unpaired) electrons. The molecule has 0 spiro atoms. The molecule has 4 rings (SSSR count). The fraction of sp³-hybridized carbons (Fsp3) is 0.167. The average Bonchev–Trinajstić information content (AvgIpc) is 3.03. The maximum atomic E-state index is 2.32. The second-order valence-corrected chi connectivity index (χ2v) is 9.12. The van der Waals surface area contributed by atoms with Crippen molar-refractivity contribution in [2.75, 3.05) is 0 Å². The monoisotopic (exact) mass is 353 g/mol. The van der Waals surface area contributed by atoms with Crippen LogP contribution >= 0.6 is 0 Å². The van der Waals surface area contributed by atoms with Crippen molar-refractivity contribution in [3.05, 3.63) is 90.6 Å². The summed E-state index contributed by atoms with van der Waals surface area (Å²) in [5.41, 5.74) is 4.01. The Hall–Kier alpha value is -2.58. The van der Waals surface area contributed by atoms with Gasteiger partial charge in [0.25, 0.3) is 0 Å². The van der Waals surface area contributed by atoms with Crippen molar-refractivity contribution in [2.45, 2.75) is 26.2 Å². The highest BCUT2D eigenvalue weighted by Gasteiger charge is 2.20. The van der Waals surface area contributed by atoms with E-state index in [1.807, 2.05) is 0 Å². The Labute approximate surface area is 158 Å². The van der Waals surface area contributed by atoms with Gasteiger partial charge in [-0.25, -0.2) is 0 Å². The molecule has 0 aliphatic carbocycles. The van der Waals surface area contributed by atoms with Gasteiger partial charge in [0.2, 0.25) is 0 Å². The summed E-state index contributed by atoms with van der Waals surface area (Å²) in [6.07, 6.45) is 2.30. The van der Waals surface area contributed by atoms with E-state index in [9.17, 15) is 0 Å². The standard InChI is InChI=1S/C24H23NSi/c1-24(2,3)22-17-25(23-12-8-7-11-21(22)23)18-13-15-20(16-14-18)26-19-9-5-4-6-10-19/h4-17H,1-3H3. The van der Waals surface area contributed by atoms with E-state index in [0.29, 0.717) is 9.52 Å². The highest BCUT2D eigenvalue weighted by atomic mass is 28.2. The largest absolute Gasteiger partial charge is 0.316 e. The summed E-state index contributed by atoms with van der Waals surface area (Å²) in [5.74, 6) is 0. The van der Waals surface area contributed by atoms with E-state index in [2.05, 4.69) is 110 Å². The van der Waals surface area contributed by atoms with Gasteiger partial charge < -0.3 is 4.57 Å². The average molecular weight is 354 g/mol. The van der Waals surface area contributed by atoms with E-state index in [4.69, 9.17) is 0 Å². The molecule has 26 heavy (non-hydrogen) atoms. The van der Waals surface area contributed by atoms with Gasteiger partial charge in [-0.05, 0) is 29.2 Å². The number of hydrogen-bond donors (Lipinski definition) is 0. The smallest absolute Gasteiger partial charge is 0.121 e. The van der Waals surface area contributed by atoms with Crippen LogP contribution in [0.5, 0.6) is 0 Å². The first-order chi connectivity index (χ1) is 12.5. The van der Waals surface area contributed by atoms with Gasteiger partial charge >= 0.3 is 0 Å². The van der Waals surface area contributed by atoms with Crippen LogP contribution in [0.4, 0.5) is 0 Å². The first-order valence-corrected chi connectivity index (χ1v) is 10.1. The van der Waals surface area contributed by atoms with Crippen molar-refractivity contribution in [1.82, 2.24) is 4.57 Å². The molecule has 0 bridgehead atoms. The summed E-state index contributed by atoms with van der Waals surface area (Å²) >= 11 is 0. The van der Waals surface area contributed by atoms with Crippen molar-refractivity contribution in [2.24, 2.45) is 0 Å². The van der Waals surface area contributed by atoms with Crippen LogP contribution in [0.3, 0.4) is 0 Å². The Morgan fingerprint density at radius 3 is 2.00 bits per heavy atom. The maximum absolute atomic E-state index is 2.32. The van der Waals surface area contributed by atoms with Crippen molar-refractivity contribution < 1.29 is 0 Å². The van der Waals surface area contributed by atoms with Crippen molar-refractivity contribution >= 4 is 30.8 Å². The number of benzene rings is 3. The summed E-state index contributed by atoms with van der Waals surface area (Å²) in [4.78, 5) is 0. The molecule has 0 aliphatic heterocycles. The van der Waals surface area contributed by atoms with Crippen LogP contribution in [0, 0.1) is 0 Å². The summed E-state index contributed by atoms with van der Waals surface area (Å²) in [6, 6.07) is 28.4. The van der Waals surface area contributed by atoms with Crippen molar-refractivity contribution in [1.29, 1.82) is 0 Å². The minimum Gasteiger partial charge on any atom is -0.316 e. The molecule has 1 aromatic heterocycles. The van der Waals surface area contributed by atoms with Crippen molar-refractivity contribution in [3.8, 4) is 5.69 Å². The normalized spacial score (nSPS) is 11.8. The zero-order valence-corrected chi connectivity index (χ0v) is 16.5. The molecule has 0 saturated heterocycles. The third-order valence-corrected chi connectivity index (χ3v) is 5.97. The Bertz CT molecular complexity index is 1020. The lowest BCUT2D eigenvalue weighted by atomic mass is 9.87. The maximum Gasteiger partial charge on any atom is 0.121 e. The summed E-state index contributed by atoms with van der Waals surface area (Å²) in [6.45, 7) is 6.84. The number of nitrogens with zero attached hydrogens (tertiary/aromatic N) is 1. The van der Waals surface area contributed by atoms with Crippen LogP contribution in [0.15, 0.2) is 85.1 Å². The first-order valence-electron chi connectivity index (χ1n) is 9.05. The Morgan fingerprint density at radius 1 is 0.692 bits per heavy atom. The predicted molar refractivity (Wildman–Crippen MR) is 113 cm³/mol. The minimum absolute atomic E-state index is 0.124. The van der Waals surface area contributed by atoms with E-state index in [1.165, 1.54) is 32.5 Å². The van der Waals surface area contributed by atoms with E-state index in [1.54, 1.807) is 0 Å². The molecule has 0 saturated carbocycles. The molecule has 2 heteroatoms. The van der Waals surface area contributed by atoms with Crippen LogP contribution in [0.1, 0.15) is 26.3 Å². The Balaban J connectivity index is 1.72. The second-order valence-electron chi connectivity index (χ2n) is 7.72. The lowest BCUT2D eigenvalue weighted by Gasteiger charge is -2.17. The Kier molecular flexibility index (Phi) is 4.29. The lowest BCUT2D eigenvalue weighted by molar-refractivity contribution is 0.594. The summed E-state index contributed by atoms with van der Waals surface area (Å²) in [7, 11) is 0.699. The van der Waals surface area contributed by atoms with Gasteiger partial charge in [0.1, 0.15) is 9.52 Å². The van der Waals surface area contributed by atoms with Crippen LogP contribution in [-0.4, -0.2) is 14.1 Å². The van der Waals surface area contributed by atoms with E-state index < -0.39 is 0 Å². The van der Waals surface area contributed by atoms with Gasteiger partial charge in [0, 0.05) is 17.3 Å². The fourth-order valence-electron chi connectivity index (χ4n) is 3.38. The van der Waals surface area contributed by atoms with Gasteiger partial charge in [0.05, 0.1) is 5.52 Å². The molecule has 0 N–H and O–H groups in total. The topological polar surface area (TPSA) is 4.93 Å². The highest BCUT2D eigenvalue weighted by molar-refractivity contribution is 6.67. The molecule has 3 aromatic carbocycles. The molecule has 0 atom stereocenters. The quantitative estimate of drug-likeness (QED) is 0.475. The van der Waals surface area contributed by atoms with Gasteiger partial charge in [-0.3, -0.25) is 0 Å². The molecule has 1 nitrogen and oxygen atoms in total. The molecular formula is C24H23NSi. The molecule has 4 aromatic rings. The number of hydrogen-bond acceptors (Lipinski definition) is 0. The fourth-order valence-corrected chi connectivity index (χ4v) is 4.41. The van der Waals surface area contributed by atoms with Crippen LogP contribution in [-0.2, 0) is 5.41 Å². The first kappa shape index (κ1) is 16.9. The minimum atomic E-state index is 0.124. The molecule has 0 aliphatic rings. The molecule has 0 fully saturated rings. The number of rotatable bonds is 3. The molecule has 128 valence electrons. The molecule has 0 unspecified atom stereocenters. The third kappa shape index (κ3) is 3.25. The third-order valence-electron chi connectivity index (χ3n) is 4.73. The number of para-hydroxylation sites is 1. The Morgan fingerprint density at radius 2 is 1.31 bits per heavy atom. The summed E-state index contributed by atoms with van der Waals surface area (Å²) < 4.78 is 2.32. The second kappa shape index (κ2) is 6.62. The lowest BCUT2D eigenvalue weighted by Crippen LogP contribution is -2.26. The van der Waals surface area contributed by atoms with E-state index in [-0.39, 0.29) is 5.41 Å². The van der Waals surface area contributed by atoms with Gasteiger partial charge in [0.15, 0.2) is 0 Å². The molecule has 0 amide bonds. The van der Waals surface area contributed by atoms with Gasteiger partial charge in [-0.15, -0.1) is 0 Å². The predicted octanol–water partition coefficient (Wildman–Crippen LogP) is 4.58. The van der Waals surface area contributed by atoms with Crippen LogP contribution < -0.4 is 10.4 Å². The SMILES string of the molecule is CC(C)(C)c1cn(-c2ccc([Si]c3ccccc3)cc2)c2ccccc12. The van der Waals surface area contributed by atoms with E-state index >= 15 is 0 Å². The van der Waals surface area contributed by atoms with Gasteiger partial charge in [-0.2, -0.15) is 0 Å². The van der Waals surface area contributed by atoms with Crippen LogP contribution in [0.25, 0.3) is 16.6 Å².